The summed E-state index contributed by atoms with van der Waals surface area (Å²) in [7, 11) is 1.54. The van der Waals surface area contributed by atoms with Crippen LogP contribution < -0.4 is 9.47 Å². The Hall–Kier alpha value is -2.51. The van der Waals surface area contributed by atoms with Crippen molar-refractivity contribution in [2.24, 2.45) is 0 Å². The minimum absolute atomic E-state index is 0.0698. The zero-order chi connectivity index (χ0) is 15.2. The molecule has 0 unspecified atom stereocenters. The van der Waals surface area contributed by atoms with E-state index in [9.17, 15) is 4.79 Å². The molecule has 0 N–H and O–H groups in total. The average molecular weight is 302 g/mol. The van der Waals surface area contributed by atoms with Gasteiger partial charge in [-0.25, -0.2) is 0 Å². The lowest BCUT2D eigenvalue weighted by atomic mass is 10.1. The summed E-state index contributed by atoms with van der Waals surface area (Å²) in [5.74, 6) is 0.405. The number of para-hydroxylation sites is 1. The second-order valence-corrected chi connectivity index (χ2v) is 4.63. The first-order valence-electron chi connectivity index (χ1n) is 6.16. The summed E-state index contributed by atoms with van der Waals surface area (Å²) in [5.41, 5.74) is 1.14. The molecule has 0 fully saturated rings. The van der Waals surface area contributed by atoms with Gasteiger partial charge >= 0.3 is 5.97 Å². The first kappa shape index (κ1) is 14.9. The van der Waals surface area contributed by atoms with Crippen LogP contribution in [0.1, 0.15) is 11.1 Å². The average Bonchev–Trinajstić information content (AvgIpc) is 2.49. The van der Waals surface area contributed by atoms with Crippen LogP contribution in [0, 0.1) is 11.3 Å². The van der Waals surface area contributed by atoms with Crippen LogP contribution in [0.15, 0.2) is 42.5 Å². The molecule has 2 rings (SSSR count). The van der Waals surface area contributed by atoms with E-state index < -0.39 is 5.97 Å². The molecule has 21 heavy (non-hydrogen) atoms. The maximum absolute atomic E-state index is 12.0. The van der Waals surface area contributed by atoms with Crippen LogP contribution in [-0.4, -0.2) is 13.1 Å². The summed E-state index contributed by atoms with van der Waals surface area (Å²) in [6.45, 7) is 0. The number of benzene rings is 2. The predicted molar refractivity (Wildman–Crippen MR) is 78.5 cm³/mol. The number of nitrogens with zero attached hydrogens (tertiary/aromatic N) is 1. The number of methoxy groups -OCH3 is 1. The lowest BCUT2D eigenvalue weighted by Crippen LogP contribution is -2.12. The minimum atomic E-state index is -0.453. The molecule has 0 aliphatic heterocycles. The third-order valence-electron chi connectivity index (χ3n) is 2.81. The van der Waals surface area contributed by atoms with Crippen LogP contribution in [-0.2, 0) is 11.2 Å². The highest BCUT2D eigenvalue weighted by atomic mass is 35.5. The second kappa shape index (κ2) is 6.78. The van der Waals surface area contributed by atoms with E-state index in [0.717, 1.165) is 5.56 Å². The largest absolute Gasteiger partial charge is 0.496 e. The molecule has 0 amide bonds. The molecular weight excluding hydrogens is 290 g/mol. The monoisotopic (exact) mass is 301 g/mol. The molecule has 0 saturated carbocycles. The van der Waals surface area contributed by atoms with E-state index in [1.807, 2.05) is 18.2 Å². The Morgan fingerprint density at radius 3 is 2.67 bits per heavy atom. The fraction of sp³-hybridized carbons (Fsp3) is 0.125. The molecule has 2 aromatic carbocycles. The van der Waals surface area contributed by atoms with Gasteiger partial charge in [-0.05, 0) is 24.3 Å². The van der Waals surface area contributed by atoms with Gasteiger partial charge in [-0.3, -0.25) is 4.79 Å². The van der Waals surface area contributed by atoms with Crippen molar-refractivity contribution in [1.82, 2.24) is 0 Å². The molecule has 0 aliphatic rings. The zero-order valence-electron chi connectivity index (χ0n) is 11.3. The molecule has 0 aliphatic carbocycles. The number of rotatable bonds is 4. The normalized spacial score (nSPS) is 9.76. The number of ether oxygens (including phenoxy) is 2. The van der Waals surface area contributed by atoms with Crippen molar-refractivity contribution in [3.05, 3.63) is 58.6 Å². The summed E-state index contributed by atoms with van der Waals surface area (Å²) in [4.78, 5) is 12.0. The smallest absolute Gasteiger partial charge is 0.315 e. The number of carbonyl (C=O) groups excluding carboxylic acids is 1. The van der Waals surface area contributed by atoms with Gasteiger partial charge in [0.1, 0.15) is 11.5 Å². The molecule has 4 nitrogen and oxygen atoms in total. The maximum Gasteiger partial charge on any atom is 0.315 e. The Labute approximate surface area is 127 Å². The van der Waals surface area contributed by atoms with Crippen molar-refractivity contribution in [2.45, 2.75) is 6.42 Å². The highest BCUT2D eigenvalue weighted by Crippen LogP contribution is 2.26. The van der Waals surface area contributed by atoms with Gasteiger partial charge in [0.05, 0.1) is 30.2 Å². The van der Waals surface area contributed by atoms with Gasteiger partial charge < -0.3 is 9.47 Å². The van der Waals surface area contributed by atoms with E-state index in [4.69, 9.17) is 26.3 Å². The van der Waals surface area contributed by atoms with Crippen molar-refractivity contribution < 1.29 is 14.3 Å². The van der Waals surface area contributed by atoms with E-state index >= 15 is 0 Å². The standard InChI is InChI=1S/C16H12ClNO3/c1-20-14-5-3-2-4-12(14)9-16(19)21-15-7-6-11(10-18)8-13(15)17/h2-8H,9H2,1H3. The summed E-state index contributed by atoms with van der Waals surface area (Å²) >= 11 is 5.96. The van der Waals surface area contributed by atoms with Gasteiger partial charge in [-0.1, -0.05) is 29.8 Å². The van der Waals surface area contributed by atoms with E-state index in [2.05, 4.69) is 0 Å². The molecule has 0 saturated heterocycles. The Morgan fingerprint density at radius 1 is 1.24 bits per heavy atom. The molecule has 0 heterocycles. The van der Waals surface area contributed by atoms with Crippen LogP contribution in [0.2, 0.25) is 5.02 Å². The van der Waals surface area contributed by atoms with Gasteiger partial charge in [0.2, 0.25) is 0 Å². The van der Waals surface area contributed by atoms with Crippen LogP contribution in [0.3, 0.4) is 0 Å². The number of halogens is 1. The topological polar surface area (TPSA) is 59.3 Å². The Balaban J connectivity index is 2.10. The van der Waals surface area contributed by atoms with Crippen molar-refractivity contribution >= 4 is 17.6 Å². The number of hydrogen-bond donors (Lipinski definition) is 0. The Bertz CT molecular complexity index is 707. The molecule has 0 atom stereocenters. The Kier molecular flexibility index (Phi) is 4.81. The maximum atomic E-state index is 12.0. The minimum Gasteiger partial charge on any atom is -0.496 e. The summed E-state index contributed by atoms with van der Waals surface area (Å²) in [6.07, 6.45) is 0.0698. The van der Waals surface area contributed by atoms with E-state index in [0.29, 0.717) is 11.3 Å². The van der Waals surface area contributed by atoms with E-state index in [-0.39, 0.29) is 17.2 Å². The first-order valence-corrected chi connectivity index (χ1v) is 6.54. The number of nitriles is 1. The first-order chi connectivity index (χ1) is 10.1. The highest BCUT2D eigenvalue weighted by Gasteiger charge is 2.12. The summed E-state index contributed by atoms with van der Waals surface area (Å²) in [6, 6.07) is 13.7. The lowest BCUT2D eigenvalue weighted by Gasteiger charge is -2.09. The van der Waals surface area contributed by atoms with E-state index in [1.165, 1.54) is 18.2 Å². The molecule has 0 radical (unpaired) electrons. The number of hydrogen-bond acceptors (Lipinski definition) is 4. The van der Waals surface area contributed by atoms with Gasteiger partial charge in [-0.15, -0.1) is 0 Å². The van der Waals surface area contributed by atoms with Gasteiger partial charge in [-0.2, -0.15) is 5.26 Å². The van der Waals surface area contributed by atoms with E-state index in [1.54, 1.807) is 19.2 Å². The molecule has 5 heteroatoms. The summed E-state index contributed by atoms with van der Waals surface area (Å²) in [5, 5.41) is 8.98. The number of esters is 1. The quantitative estimate of drug-likeness (QED) is 0.642. The van der Waals surface area contributed by atoms with Crippen molar-refractivity contribution in [2.75, 3.05) is 7.11 Å². The van der Waals surface area contributed by atoms with Crippen LogP contribution in [0.5, 0.6) is 11.5 Å². The predicted octanol–water partition coefficient (Wildman–Crippen LogP) is 3.37. The van der Waals surface area contributed by atoms with Crippen LogP contribution in [0.4, 0.5) is 0 Å². The lowest BCUT2D eigenvalue weighted by molar-refractivity contribution is -0.133. The Morgan fingerprint density at radius 2 is 2.00 bits per heavy atom. The van der Waals surface area contributed by atoms with Crippen LogP contribution >= 0.6 is 11.6 Å². The third-order valence-corrected chi connectivity index (χ3v) is 3.11. The van der Waals surface area contributed by atoms with Crippen LogP contribution in [0.25, 0.3) is 0 Å². The van der Waals surface area contributed by atoms with Crippen molar-refractivity contribution in [3.8, 4) is 17.6 Å². The van der Waals surface area contributed by atoms with Gasteiger partial charge in [0.25, 0.3) is 0 Å². The molecule has 0 bridgehead atoms. The van der Waals surface area contributed by atoms with Gasteiger partial charge in [0.15, 0.2) is 0 Å². The van der Waals surface area contributed by atoms with Crippen molar-refractivity contribution in [1.29, 1.82) is 5.26 Å². The molecule has 2 aromatic rings. The zero-order valence-corrected chi connectivity index (χ0v) is 12.1. The molecule has 106 valence electrons. The molecular formula is C16H12ClNO3. The SMILES string of the molecule is COc1ccccc1CC(=O)Oc1ccc(C#N)cc1Cl. The fourth-order valence-electron chi connectivity index (χ4n) is 1.82. The second-order valence-electron chi connectivity index (χ2n) is 4.22. The molecule has 0 spiro atoms. The molecule has 0 aromatic heterocycles. The summed E-state index contributed by atoms with van der Waals surface area (Å²) < 4.78 is 10.4. The van der Waals surface area contributed by atoms with Crippen molar-refractivity contribution in [3.63, 3.8) is 0 Å². The fourth-order valence-corrected chi connectivity index (χ4v) is 2.04. The van der Waals surface area contributed by atoms with Gasteiger partial charge in [0, 0.05) is 5.56 Å². The highest BCUT2D eigenvalue weighted by molar-refractivity contribution is 6.32. The number of carbonyl (C=O) groups is 1. The third kappa shape index (κ3) is 3.74.